The zero-order valence-electron chi connectivity index (χ0n) is 15.5. The van der Waals surface area contributed by atoms with E-state index in [0.29, 0.717) is 38.2 Å². The van der Waals surface area contributed by atoms with Crippen LogP contribution in [0.25, 0.3) is 0 Å². The van der Waals surface area contributed by atoms with Crippen molar-refractivity contribution in [2.75, 3.05) is 33.3 Å². The number of aromatic nitrogens is 1. The molecule has 26 heavy (non-hydrogen) atoms. The first-order valence-electron chi connectivity index (χ1n) is 8.83. The highest BCUT2D eigenvalue weighted by Gasteiger charge is 2.25. The van der Waals surface area contributed by atoms with E-state index in [9.17, 15) is 9.59 Å². The van der Waals surface area contributed by atoms with Crippen molar-refractivity contribution in [1.29, 1.82) is 0 Å². The third kappa shape index (κ3) is 3.74. The quantitative estimate of drug-likeness (QED) is 0.914. The van der Waals surface area contributed by atoms with Crippen LogP contribution in [-0.2, 0) is 11.2 Å². The number of carbonyl (C=O) groups is 2. The maximum atomic E-state index is 12.7. The van der Waals surface area contributed by atoms with Gasteiger partial charge in [-0.1, -0.05) is 6.07 Å². The Morgan fingerprint density at radius 2 is 1.73 bits per heavy atom. The maximum Gasteiger partial charge on any atom is 0.255 e. The SMILES string of the molecule is COc1cc(C)c(C)cc1CC(=O)N1CCN(C(=O)c2cc[nH]c2)CC1. The van der Waals surface area contributed by atoms with E-state index in [-0.39, 0.29) is 11.8 Å². The normalized spacial score (nSPS) is 14.4. The molecule has 0 radical (unpaired) electrons. The number of ether oxygens (including phenoxy) is 1. The van der Waals surface area contributed by atoms with Crippen LogP contribution >= 0.6 is 0 Å². The number of benzene rings is 1. The van der Waals surface area contributed by atoms with Crippen molar-refractivity contribution < 1.29 is 14.3 Å². The number of hydrogen-bond donors (Lipinski definition) is 1. The number of amides is 2. The average molecular weight is 355 g/mol. The predicted molar refractivity (Wildman–Crippen MR) is 99.4 cm³/mol. The number of carbonyl (C=O) groups excluding carboxylic acids is 2. The number of piperazine rings is 1. The second-order valence-corrected chi connectivity index (χ2v) is 6.70. The minimum Gasteiger partial charge on any atom is -0.496 e. The summed E-state index contributed by atoms with van der Waals surface area (Å²) in [7, 11) is 1.63. The minimum absolute atomic E-state index is 0.00850. The average Bonchev–Trinajstić information content (AvgIpc) is 3.18. The Bertz CT molecular complexity index is 791. The number of H-pyrrole nitrogens is 1. The van der Waals surface area contributed by atoms with Gasteiger partial charge in [-0.25, -0.2) is 0 Å². The predicted octanol–water partition coefficient (Wildman–Crippen LogP) is 2.17. The number of aryl methyl sites for hydroxylation is 2. The number of nitrogens with one attached hydrogen (secondary N) is 1. The highest BCUT2D eigenvalue weighted by molar-refractivity contribution is 5.94. The van der Waals surface area contributed by atoms with Gasteiger partial charge in [0.15, 0.2) is 0 Å². The highest BCUT2D eigenvalue weighted by atomic mass is 16.5. The number of methoxy groups -OCH3 is 1. The lowest BCUT2D eigenvalue weighted by molar-refractivity contribution is -0.131. The van der Waals surface area contributed by atoms with E-state index in [1.165, 1.54) is 0 Å². The molecule has 1 aromatic heterocycles. The molecular formula is C20H25N3O3. The molecule has 2 aromatic rings. The molecule has 1 N–H and O–H groups in total. The zero-order valence-corrected chi connectivity index (χ0v) is 15.5. The third-order valence-electron chi connectivity index (χ3n) is 5.00. The van der Waals surface area contributed by atoms with Crippen molar-refractivity contribution in [3.05, 3.63) is 52.8 Å². The summed E-state index contributed by atoms with van der Waals surface area (Å²) in [4.78, 5) is 31.6. The first-order chi connectivity index (χ1) is 12.5. The van der Waals surface area contributed by atoms with Crippen molar-refractivity contribution in [1.82, 2.24) is 14.8 Å². The minimum atomic E-state index is 0.00850. The van der Waals surface area contributed by atoms with Crippen LogP contribution in [0.1, 0.15) is 27.0 Å². The summed E-state index contributed by atoms with van der Waals surface area (Å²) in [5, 5.41) is 0. The molecular weight excluding hydrogens is 330 g/mol. The van der Waals surface area contributed by atoms with Crippen molar-refractivity contribution >= 4 is 11.8 Å². The largest absolute Gasteiger partial charge is 0.496 e. The van der Waals surface area contributed by atoms with E-state index in [2.05, 4.69) is 4.98 Å². The zero-order chi connectivity index (χ0) is 18.7. The molecule has 1 fully saturated rings. The molecule has 1 aliphatic rings. The smallest absolute Gasteiger partial charge is 0.255 e. The Hall–Kier alpha value is -2.76. The molecule has 0 spiro atoms. The third-order valence-corrected chi connectivity index (χ3v) is 5.00. The van der Waals surface area contributed by atoms with Crippen LogP contribution in [0, 0.1) is 13.8 Å². The first-order valence-corrected chi connectivity index (χ1v) is 8.83. The molecule has 0 aliphatic carbocycles. The van der Waals surface area contributed by atoms with Crippen molar-refractivity contribution in [3.8, 4) is 5.75 Å². The molecule has 2 heterocycles. The van der Waals surface area contributed by atoms with E-state index in [1.54, 1.807) is 30.5 Å². The fourth-order valence-corrected chi connectivity index (χ4v) is 3.25. The van der Waals surface area contributed by atoms with Crippen LogP contribution < -0.4 is 4.74 Å². The van der Waals surface area contributed by atoms with E-state index < -0.39 is 0 Å². The van der Waals surface area contributed by atoms with Gasteiger partial charge in [-0.3, -0.25) is 9.59 Å². The lowest BCUT2D eigenvalue weighted by Gasteiger charge is -2.34. The standard InChI is InChI=1S/C20H25N3O3/c1-14-10-17(18(26-3)11-15(14)2)12-19(24)22-6-8-23(9-7-22)20(25)16-4-5-21-13-16/h4-5,10-11,13,21H,6-9,12H2,1-3H3. The van der Waals surface area contributed by atoms with E-state index in [4.69, 9.17) is 4.74 Å². The van der Waals surface area contributed by atoms with Crippen molar-refractivity contribution in [3.63, 3.8) is 0 Å². The Morgan fingerprint density at radius 1 is 1.08 bits per heavy atom. The van der Waals surface area contributed by atoms with Gasteiger partial charge in [0.2, 0.25) is 5.91 Å². The molecule has 0 unspecified atom stereocenters. The van der Waals surface area contributed by atoms with Gasteiger partial charge < -0.3 is 19.5 Å². The fourth-order valence-electron chi connectivity index (χ4n) is 3.25. The van der Waals surface area contributed by atoms with E-state index in [0.717, 1.165) is 22.4 Å². The van der Waals surface area contributed by atoms with Crippen LogP contribution in [0.5, 0.6) is 5.75 Å². The molecule has 1 aliphatic heterocycles. The van der Waals surface area contributed by atoms with Gasteiger partial charge in [0.1, 0.15) is 5.75 Å². The Labute approximate surface area is 153 Å². The van der Waals surface area contributed by atoms with Gasteiger partial charge in [0, 0.05) is 44.1 Å². The van der Waals surface area contributed by atoms with Gasteiger partial charge in [-0.2, -0.15) is 0 Å². The molecule has 2 amide bonds. The Kier molecular flexibility index (Phi) is 5.30. The summed E-state index contributed by atoms with van der Waals surface area (Å²) < 4.78 is 5.43. The van der Waals surface area contributed by atoms with Gasteiger partial charge in [0.25, 0.3) is 5.91 Å². The van der Waals surface area contributed by atoms with Gasteiger partial charge in [0.05, 0.1) is 19.1 Å². The van der Waals surface area contributed by atoms with E-state index in [1.807, 2.05) is 30.9 Å². The number of nitrogens with zero attached hydrogens (tertiary/aromatic N) is 2. The summed E-state index contributed by atoms with van der Waals surface area (Å²) in [6.07, 6.45) is 3.76. The molecule has 1 aromatic carbocycles. The summed E-state index contributed by atoms with van der Waals surface area (Å²) in [5.41, 5.74) is 3.86. The monoisotopic (exact) mass is 355 g/mol. The number of rotatable bonds is 4. The fraction of sp³-hybridized carbons (Fsp3) is 0.400. The van der Waals surface area contributed by atoms with Crippen LogP contribution in [-0.4, -0.2) is 59.9 Å². The van der Waals surface area contributed by atoms with Crippen molar-refractivity contribution in [2.24, 2.45) is 0 Å². The molecule has 0 bridgehead atoms. The second kappa shape index (κ2) is 7.64. The molecule has 0 saturated carbocycles. The second-order valence-electron chi connectivity index (χ2n) is 6.70. The van der Waals surface area contributed by atoms with Gasteiger partial charge in [-0.05, 0) is 37.1 Å². The Balaban J connectivity index is 1.61. The summed E-state index contributed by atoms with van der Waals surface area (Å²) in [6, 6.07) is 5.77. The number of hydrogen-bond acceptors (Lipinski definition) is 3. The summed E-state index contributed by atoms with van der Waals surface area (Å²) in [6.45, 7) is 6.29. The Morgan fingerprint density at radius 3 is 2.35 bits per heavy atom. The van der Waals surface area contributed by atoms with Crippen LogP contribution in [0.3, 0.4) is 0 Å². The first kappa shape index (κ1) is 18.0. The van der Waals surface area contributed by atoms with Crippen LogP contribution in [0.2, 0.25) is 0 Å². The highest BCUT2D eigenvalue weighted by Crippen LogP contribution is 2.24. The van der Waals surface area contributed by atoms with Crippen molar-refractivity contribution in [2.45, 2.75) is 20.3 Å². The molecule has 0 atom stereocenters. The number of aromatic amines is 1. The topological polar surface area (TPSA) is 65.6 Å². The van der Waals surface area contributed by atoms with Crippen LogP contribution in [0.15, 0.2) is 30.6 Å². The lowest BCUT2D eigenvalue weighted by atomic mass is 10.0. The van der Waals surface area contributed by atoms with Gasteiger partial charge in [-0.15, -0.1) is 0 Å². The van der Waals surface area contributed by atoms with Gasteiger partial charge >= 0.3 is 0 Å². The van der Waals surface area contributed by atoms with Crippen LogP contribution in [0.4, 0.5) is 0 Å². The molecule has 138 valence electrons. The molecule has 6 nitrogen and oxygen atoms in total. The summed E-state index contributed by atoms with van der Waals surface area (Å²) in [5.74, 6) is 0.831. The lowest BCUT2D eigenvalue weighted by Crippen LogP contribution is -2.51. The molecule has 1 saturated heterocycles. The molecule has 3 rings (SSSR count). The van der Waals surface area contributed by atoms with E-state index >= 15 is 0 Å². The molecule has 6 heteroatoms. The maximum absolute atomic E-state index is 12.7. The summed E-state index contributed by atoms with van der Waals surface area (Å²) >= 11 is 0.